The predicted molar refractivity (Wildman–Crippen MR) is 110 cm³/mol. The molecule has 0 atom stereocenters. The summed E-state index contributed by atoms with van der Waals surface area (Å²) in [4.78, 5) is 11.5. The van der Waals surface area contributed by atoms with Crippen LogP contribution in [-0.2, 0) is 11.2 Å². The van der Waals surface area contributed by atoms with Gasteiger partial charge in [-0.1, -0.05) is 38.3 Å². The van der Waals surface area contributed by atoms with Gasteiger partial charge in [0, 0.05) is 51.1 Å². The van der Waals surface area contributed by atoms with E-state index in [9.17, 15) is 0 Å². The summed E-state index contributed by atoms with van der Waals surface area (Å²) in [5, 5.41) is 11.0. The van der Waals surface area contributed by atoms with E-state index in [1.54, 1.807) is 0 Å². The van der Waals surface area contributed by atoms with Crippen LogP contribution in [0, 0.1) is 0 Å². The Balaban J connectivity index is 1.49. The van der Waals surface area contributed by atoms with E-state index < -0.39 is 0 Å². The quantitative estimate of drug-likeness (QED) is 0.541. The number of hydrogen-bond donors (Lipinski definition) is 2. The maximum Gasteiger partial charge on any atom is 0.228 e. The van der Waals surface area contributed by atoms with Gasteiger partial charge in [0.25, 0.3) is 0 Å². The average Bonchev–Trinajstić information content (AvgIpc) is 3.21. The summed E-state index contributed by atoms with van der Waals surface area (Å²) in [5.41, 5.74) is 0.221. The number of guanidine groups is 1. The first-order valence-electron chi connectivity index (χ1n) is 10.7. The van der Waals surface area contributed by atoms with E-state index in [0.717, 1.165) is 44.6 Å². The first kappa shape index (κ1) is 21.0. The van der Waals surface area contributed by atoms with Crippen molar-refractivity contribution in [2.24, 2.45) is 4.99 Å². The van der Waals surface area contributed by atoms with Gasteiger partial charge in [0.2, 0.25) is 5.89 Å². The lowest BCUT2D eigenvalue weighted by Gasteiger charge is -2.48. The van der Waals surface area contributed by atoms with Crippen molar-refractivity contribution < 1.29 is 9.26 Å². The number of rotatable bonds is 7. The van der Waals surface area contributed by atoms with Gasteiger partial charge in [-0.2, -0.15) is 4.98 Å². The molecule has 2 fully saturated rings. The van der Waals surface area contributed by atoms with Gasteiger partial charge >= 0.3 is 0 Å². The highest BCUT2D eigenvalue weighted by molar-refractivity contribution is 5.79. The molecule has 0 unspecified atom stereocenters. The van der Waals surface area contributed by atoms with Crippen LogP contribution in [0.4, 0.5) is 0 Å². The first-order valence-corrected chi connectivity index (χ1v) is 10.7. The molecule has 1 aromatic heterocycles. The van der Waals surface area contributed by atoms with Crippen molar-refractivity contribution in [2.75, 3.05) is 46.4 Å². The summed E-state index contributed by atoms with van der Waals surface area (Å²) in [6, 6.07) is 0. The Bertz CT molecular complexity index is 618. The van der Waals surface area contributed by atoms with E-state index in [0.29, 0.717) is 18.9 Å². The van der Waals surface area contributed by atoms with Crippen molar-refractivity contribution in [3.8, 4) is 0 Å². The predicted octanol–water partition coefficient (Wildman–Crippen LogP) is 1.94. The van der Waals surface area contributed by atoms with Crippen LogP contribution in [0.25, 0.3) is 0 Å². The third-order valence-electron chi connectivity index (χ3n) is 5.91. The molecule has 1 aromatic rings. The van der Waals surface area contributed by atoms with Crippen molar-refractivity contribution in [3.05, 3.63) is 11.7 Å². The summed E-state index contributed by atoms with van der Waals surface area (Å²) >= 11 is 0. The fraction of sp³-hybridized carbons (Fsp3) is 0.850. The van der Waals surface area contributed by atoms with Gasteiger partial charge in [-0.3, -0.25) is 9.89 Å². The lowest BCUT2D eigenvalue weighted by Crippen LogP contribution is -2.60. The molecule has 2 aliphatic rings. The Kier molecular flexibility index (Phi) is 7.67. The van der Waals surface area contributed by atoms with Gasteiger partial charge in [-0.25, -0.2) is 0 Å². The van der Waals surface area contributed by atoms with Crippen molar-refractivity contribution in [3.63, 3.8) is 0 Å². The fourth-order valence-electron chi connectivity index (χ4n) is 4.21. The molecule has 1 saturated carbocycles. The monoisotopic (exact) mass is 392 g/mol. The molecular weight excluding hydrogens is 356 g/mol. The van der Waals surface area contributed by atoms with Gasteiger partial charge < -0.3 is 19.9 Å². The Morgan fingerprint density at radius 1 is 1.18 bits per heavy atom. The zero-order valence-corrected chi connectivity index (χ0v) is 17.7. The van der Waals surface area contributed by atoms with Crippen LogP contribution in [0.5, 0.6) is 0 Å². The van der Waals surface area contributed by atoms with Gasteiger partial charge in [-0.05, 0) is 12.8 Å². The van der Waals surface area contributed by atoms with Crippen LogP contribution in [0.15, 0.2) is 9.52 Å². The molecule has 0 bridgehead atoms. The summed E-state index contributed by atoms with van der Waals surface area (Å²) < 4.78 is 10.9. The molecule has 1 aliphatic heterocycles. The topological polar surface area (TPSA) is 87.8 Å². The van der Waals surface area contributed by atoms with E-state index in [1.165, 1.54) is 32.1 Å². The molecule has 8 heteroatoms. The lowest BCUT2D eigenvalue weighted by molar-refractivity contribution is -0.0352. The number of aromatic nitrogens is 2. The second-order valence-electron chi connectivity index (χ2n) is 8.19. The Morgan fingerprint density at radius 2 is 1.93 bits per heavy atom. The number of morpholine rings is 1. The van der Waals surface area contributed by atoms with Crippen LogP contribution in [0.1, 0.15) is 63.6 Å². The molecule has 158 valence electrons. The highest BCUT2D eigenvalue weighted by Gasteiger charge is 2.38. The molecule has 3 rings (SSSR count). The van der Waals surface area contributed by atoms with Gasteiger partial charge in [0.1, 0.15) is 0 Å². The minimum absolute atomic E-state index is 0.221. The highest BCUT2D eigenvalue weighted by atomic mass is 16.5. The normalized spacial score (nSPS) is 21.1. The SMILES string of the molecule is CN=C(NCCc1nc(C(C)C)no1)NCC1(N2CCOCC2)CCCCC1. The zero-order valence-electron chi connectivity index (χ0n) is 17.7. The van der Waals surface area contributed by atoms with Crippen LogP contribution in [0.2, 0.25) is 0 Å². The second kappa shape index (κ2) is 10.2. The van der Waals surface area contributed by atoms with Crippen molar-refractivity contribution in [2.45, 2.75) is 63.8 Å². The second-order valence-corrected chi connectivity index (χ2v) is 8.19. The maximum absolute atomic E-state index is 5.58. The number of aliphatic imine (C=N–C) groups is 1. The molecule has 8 nitrogen and oxygen atoms in total. The van der Waals surface area contributed by atoms with Crippen molar-refractivity contribution >= 4 is 5.96 Å². The largest absolute Gasteiger partial charge is 0.379 e. The minimum atomic E-state index is 0.221. The molecule has 2 heterocycles. The van der Waals surface area contributed by atoms with Crippen molar-refractivity contribution in [1.29, 1.82) is 0 Å². The average molecular weight is 393 g/mol. The molecule has 1 aliphatic carbocycles. The number of hydrogen-bond acceptors (Lipinski definition) is 6. The molecular formula is C20H36N6O2. The summed E-state index contributed by atoms with van der Waals surface area (Å²) in [7, 11) is 1.82. The Morgan fingerprint density at radius 3 is 2.57 bits per heavy atom. The van der Waals surface area contributed by atoms with Crippen LogP contribution in [-0.4, -0.2) is 73.0 Å². The number of nitrogens with one attached hydrogen (secondary N) is 2. The lowest BCUT2D eigenvalue weighted by atomic mass is 9.80. The van der Waals surface area contributed by atoms with E-state index in [1.807, 2.05) is 7.05 Å². The standard InChI is InChI=1S/C20H36N6O2/c1-16(2)18-24-17(28-25-18)7-10-22-19(21-3)23-15-20(8-5-4-6-9-20)26-11-13-27-14-12-26/h16H,4-15H2,1-3H3,(H2,21,22,23). The van der Waals surface area contributed by atoms with E-state index in [4.69, 9.17) is 9.26 Å². The number of nitrogens with zero attached hydrogens (tertiary/aromatic N) is 4. The smallest absolute Gasteiger partial charge is 0.228 e. The fourth-order valence-corrected chi connectivity index (χ4v) is 4.21. The van der Waals surface area contributed by atoms with E-state index >= 15 is 0 Å². The van der Waals surface area contributed by atoms with Crippen LogP contribution < -0.4 is 10.6 Å². The molecule has 0 radical (unpaired) electrons. The Hall–Kier alpha value is -1.67. The summed E-state index contributed by atoms with van der Waals surface area (Å²) in [5.74, 6) is 2.56. The van der Waals surface area contributed by atoms with E-state index in [-0.39, 0.29) is 11.5 Å². The molecule has 0 amide bonds. The number of ether oxygens (including phenoxy) is 1. The molecule has 28 heavy (non-hydrogen) atoms. The third-order valence-corrected chi connectivity index (χ3v) is 5.91. The molecule has 0 spiro atoms. The molecule has 1 saturated heterocycles. The van der Waals surface area contributed by atoms with Gasteiger partial charge in [-0.15, -0.1) is 0 Å². The van der Waals surface area contributed by atoms with Gasteiger partial charge in [0.15, 0.2) is 11.8 Å². The van der Waals surface area contributed by atoms with Gasteiger partial charge in [0.05, 0.1) is 13.2 Å². The van der Waals surface area contributed by atoms with Crippen LogP contribution >= 0.6 is 0 Å². The zero-order chi connectivity index (χ0) is 19.8. The molecule has 2 N–H and O–H groups in total. The molecule has 0 aromatic carbocycles. The maximum atomic E-state index is 5.58. The highest BCUT2D eigenvalue weighted by Crippen LogP contribution is 2.33. The summed E-state index contributed by atoms with van der Waals surface area (Å²) in [6.07, 6.45) is 7.14. The van der Waals surface area contributed by atoms with E-state index in [2.05, 4.69) is 44.5 Å². The Labute approximate surface area is 168 Å². The minimum Gasteiger partial charge on any atom is -0.379 e. The van der Waals surface area contributed by atoms with Crippen molar-refractivity contribution in [1.82, 2.24) is 25.7 Å². The third kappa shape index (κ3) is 5.44. The van der Waals surface area contributed by atoms with Crippen LogP contribution in [0.3, 0.4) is 0 Å². The summed E-state index contributed by atoms with van der Waals surface area (Å²) in [6.45, 7) is 9.51. The first-order chi connectivity index (χ1) is 13.6.